The van der Waals surface area contributed by atoms with Gasteiger partial charge in [-0.25, -0.2) is 9.97 Å². The van der Waals surface area contributed by atoms with E-state index in [-0.39, 0.29) is 0 Å². The molecule has 0 aromatic carbocycles. The highest BCUT2D eigenvalue weighted by molar-refractivity contribution is 6.30. The molecule has 108 valence electrons. The Labute approximate surface area is 125 Å². The molecule has 2 saturated carbocycles. The molecule has 2 unspecified atom stereocenters. The molecule has 2 heterocycles. The Morgan fingerprint density at radius 2 is 1.85 bits per heavy atom. The molecular weight excluding hydrogens is 270 g/mol. The summed E-state index contributed by atoms with van der Waals surface area (Å²) in [5.74, 6) is 3.55. The number of hydrogen-bond acceptors (Lipinski definition) is 3. The number of rotatable bonds is 2. The second kappa shape index (κ2) is 4.87. The third kappa shape index (κ3) is 2.11. The van der Waals surface area contributed by atoms with Gasteiger partial charge in [0.1, 0.15) is 16.8 Å². The van der Waals surface area contributed by atoms with Crippen LogP contribution in [0, 0.1) is 12.8 Å². The van der Waals surface area contributed by atoms with Gasteiger partial charge in [-0.15, -0.1) is 0 Å². The summed E-state index contributed by atoms with van der Waals surface area (Å²) in [5.41, 5.74) is 1.07. The van der Waals surface area contributed by atoms with Gasteiger partial charge in [-0.2, -0.15) is 0 Å². The first kappa shape index (κ1) is 12.9. The number of halogens is 1. The van der Waals surface area contributed by atoms with Crippen LogP contribution in [0.2, 0.25) is 5.15 Å². The zero-order valence-electron chi connectivity index (χ0n) is 12.1. The Hall–Kier alpha value is -0.830. The minimum absolute atomic E-state index is 0.566. The minimum Gasteiger partial charge on any atom is -0.353 e. The van der Waals surface area contributed by atoms with Crippen LogP contribution >= 0.6 is 11.6 Å². The van der Waals surface area contributed by atoms with Crippen LogP contribution in [0.5, 0.6) is 0 Å². The molecule has 3 aliphatic rings. The van der Waals surface area contributed by atoms with E-state index in [0.29, 0.717) is 17.1 Å². The van der Waals surface area contributed by atoms with E-state index >= 15 is 0 Å². The lowest BCUT2D eigenvalue weighted by molar-refractivity contribution is 0.341. The molecule has 3 fully saturated rings. The summed E-state index contributed by atoms with van der Waals surface area (Å²) in [4.78, 5) is 11.9. The monoisotopic (exact) mass is 291 g/mol. The highest BCUT2D eigenvalue weighted by Crippen LogP contribution is 2.43. The van der Waals surface area contributed by atoms with Crippen LogP contribution in [0.15, 0.2) is 0 Å². The van der Waals surface area contributed by atoms with Crippen LogP contribution in [0.25, 0.3) is 0 Å². The first-order valence-corrected chi connectivity index (χ1v) is 8.42. The minimum atomic E-state index is 0.566. The molecule has 1 saturated heterocycles. The SMILES string of the molecule is Cc1c(Cl)nc(C2CC2)nc1N1CCC2CCCCC21. The second-order valence-corrected chi connectivity index (χ2v) is 7.05. The summed E-state index contributed by atoms with van der Waals surface area (Å²) < 4.78 is 0. The third-order valence-corrected chi connectivity index (χ3v) is 5.67. The van der Waals surface area contributed by atoms with Gasteiger partial charge in [-0.05, 0) is 44.9 Å². The fourth-order valence-corrected chi connectivity index (χ4v) is 4.14. The lowest BCUT2D eigenvalue weighted by Gasteiger charge is -2.33. The predicted molar refractivity (Wildman–Crippen MR) is 81.5 cm³/mol. The second-order valence-electron chi connectivity index (χ2n) is 6.69. The van der Waals surface area contributed by atoms with Crippen LogP contribution in [-0.4, -0.2) is 22.6 Å². The fraction of sp³-hybridized carbons (Fsp3) is 0.750. The summed E-state index contributed by atoms with van der Waals surface area (Å²) in [6.45, 7) is 3.22. The van der Waals surface area contributed by atoms with E-state index in [2.05, 4.69) is 16.8 Å². The lowest BCUT2D eigenvalue weighted by atomic mass is 9.85. The van der Waals surface area contributed by atoms with Gasteiger partial charge in [-0.1, -0.05) is 24.4 Å². The molecule has 0 N–H and O–H groups in total. The summed E-state index contributed by atoms with van der Waals surface area (Å²) >= 11 is 6.37. The van der Waals surface area contributed by atoms with E-state index in [1.165, 1.54) is 44.9 Å². The first-order chi connectivity index (χ1) is 9.74. The molecule has 0 radical (unpaired) electrons. The van der Waals surface area contributed by atoms with Crippen molar-refractivity contribution in [2.45, 2.75) is 63.8 Å². The maximum absolute atomic E-state index is 6.37. The lowest BCUT2D eigenvalue weighted by Crippen LogP contribution is -2.36. The van der Waals surface area contributed by atoms with E-state index in [4.69, 9.17) is 16.6 Å². The topological polar surface area (TPSA) is 29.0 Å². The van der Waals surface area contributed by atoms with Gasteiger partial charge < -0.3 is 4.90 Å². The molecule has 4 rings (SSSR count). The molecule has 4 heteroatoms. The van der Waals surface area contributed by atoms with Gasteiger partial charge in [0.2, 0.25) is 0 Å². The van der Waals surface area contributed by atoms with E-state index < -0.39 is 0 Å². The standard InChI is InChI=1S/C16H22ClN3/c1-10-14(17)18-15(12-6-7-12)19-16(10)20-9-8-11-4-2-3-5-13(11)20/h11-13H,2-9H2,1H3. The number of fused-ring (bicyclic) bond motifs is 1. The quantitative estimate of drug-likeness (QED) is 0.769. The van der Waals surface area contributed by atoms with Crippen molar-refractivity contribution in [1.29, 1.82) is 0 Å². The molecule has 20 heavy (non-hydrogen) atoms. The van der Waals surface area contributed by atoms with Crippen LogP contribution in [0.3, 0.4) is 0 Å². The Kier molecular flexibility index (Phi) is 3.13. The molecule has 3 nitrogen and oxygen atoms in total. The number of anilines is 1. The molecule has 1 aliphatic heterocycles. The van der Waals surface area contributed by atoms with E-state index in [1.54, 1.807) is 0 Å². The number of nitrogens with zero attached hydrogens (tertiary/aromatic N) is 3. The zero-order chi connectivity index (χ0) is 13.7. The summed E-state index contributed by atoms with van der Waals surface area (Å²) in [6.07, 6.45) is 9.27. The van der Waals surface area contributed by atoms with Crippen LogP contribution in [0.1, 0.15) is 62.3 Å². The van der Waals surface area contributed by atoms with Crippen molar-refractivity contribution in [3.8, 4) is 0 Å². The highest BCUT2D eigenvalue weighted by Gasteiger charge is 2.38. The molecule has 0 spiro atoms. The average Bonchev–Trinajstić information content (AvgIpc) is 3.22. The molecule has 1 aromatic rings. The first-order valence-electron chi connectivity index (χ1n) is 8.04. The Balaban J connectivity index is 1.70. The molecule has 2 aliphatic carbocycles. The van der Waals surface area contributed by atoms with Gasteiger partial charge in [0.15, 0.2) is 0 Å². The third-order valence-electron chi connectivity index (χ3n) is 5.30. The van der Waals surface area contributed by atoms with Gasteiger partial charge in [0, 0.05) is 24.1 Å². The van der Waals surface area contributed by atoms with E-state index in [9.17, 15) is 0 Å². The number of aromatic nitrogens is 2. The normalized spacial score (nSPS) is 29.6. The van der Waals surface area contributed by atoms with Crippen molar-refractivity contribution >= 4 is 17.4 Å². The largest absolute Gasteiger partial charge is 0.353 e. The van der Waals surface area contributed by atoms with Crippen LogP contribution < -0.4 is 4.90 Å². The Morgan fingerprint density at radius 3 is 2.65 bits per heavy atom. The maximum Gasteiger partial charge on any atom is 0.137 e. The van der Waals surface area contributed by atoms with E-state index in [1.807, 2.05) is 0 Å². The average molecular weight is 292 g/mol. The summed E-state index contributed by atoms with van der Waals surface area (Å²) in [7, 11) is 0. The predicted octanol–water partition coefficient (Wildman–Crippen LogP) is 4.08. The Morgan fingerprint density at radius 1 is 1.05 bits per heavy atom. The van der Waals surface area contributed by atoms with Crippen molar-refractivity contribution < 1.29 is 0 Å². The van der Waals surface area contributed by atoms with Crippen molar-refractivity contribution in [3.05, 3.63) is 16.5 Å². The molecule has 1 aromatic heterocycles. The van der Waals surface area contributed by atoms with Gasteiger partial charge >= 0.3 is 0 Å². The van der Waals surface area contributed by atoms with Crippen molar-refractivity contribution in [1.82, 2.24) is 9.97 Å². The van der Waals surface area contributed by atoms with Gasteiger partial charge in [0.05, 0.1) is 0 Å². The van der Waals surface area contributed by atoms with Gasteiger partial charge in [-0.3, -0.25) is 0 Å². The Bertz CT molecular complexity index is 527. The van der Waals surface area contributed by atoms with Crippen molar-refractivity contribution in [2.75, 3.05) is 11.4 Å². The van der Waals surface area contributed by atoms with Crippen LogP contribution in [-0.2, 0) is 0 Å². The summed E-state index contributed by atoms with van der Waals surface area (Å²) in [5, 5.41) is 0.663. The zero-order valence-corrected chi connectivity index (χ0v) is 12.9. The van der Waals surface area contributed by atoms with Crippen molar-refractivity contribution in [3.63, 3.8) is 0 Å². The van der Waals surface area contributed by atoms with Crippen LogP contribution in [0.4, 0.5) is 5.82 Å². The summed E-state index contributed by atoms with van der Waals surface area (Å²) in [6, 6.07) is 0.695. The molecule has 2 atom stereocenters. The van der Waals surface area contributed by atoms with E-state index in [0.717, 1.165) is 29.7 Å². The molecule has 0 amide bonds. The number of hydrogen-bond donors (Lipinski definition) is 0. The highest BCUT2D eigenvalue weighted by atomic mass is 35.5. The molecule has 0 bridgehead atoms. The van der Waals surface area contributed by atoms with Gasteiger partial charge in [0.25, 0.3) is 0 Å². The van der Waals surface area contributed by atoms with Crippen molar-refractivity contribution in [2.24, 2.45) is 5.92 Å². The maximum atomic E-state index is 6.37. The smallest absolute Gasteiger partial charge is 0.137 e. The fourth-order valence-electron chi connectivity index (χ4n) is 3.97. The molecular formula is C16H22ClN3.